The molecule has 1 saturated heterocycles. The van der Waals surface area contributed by atoms with Crippen molar-refractivity contribution in [2.75, 3.05) is 18.5 Å². The molecular formula is C23H25N3O2. The Bertz CT molecular complexity index is 986. The van der Waals surface area contributed by atoms with Crippen molar-refractivity contribution in [1.29, 1.82) is 0 Å². The number of aromatic amines is 1. The van der Waals surface area contributed by atoms with Gasteiger partial charge in [0.05, 0.1) is 11.2 Å². The second-order valence-corrected chi connectivity index (χ2v) is 7.82. The smallest absolute Gasteiger partial charge is 0.251 e. The molecule has 28 heavy (non-hydrogen) atoms. The van der Waals surface area contributed by atoms with Crippen LogP contribution in [0.2, 0.25) is 0 Å². The molecule has 1 aliphatic heterocycles. The lowest BCUT2D eigenvalue weighted by molar-refractivity contribution is 0.0904. The second kappa shape index (κ2) is 7.32. The number of carbonyl (C=O) groups is 1. The predicted octanol–water partition coefficient (Wildman–Crippen LogP) is 4.32. The zero-order chi connectivity index (χ0) is 18.9. The van der Waals surface area contributed by atoms with Crippen LogP contribution in [-0.2, 0) is 4.74 Å². The van der Waals surface area contributed by atoms with Crippen LogP contribution in [0.3, 0.4) is 0 Å². The number of benzene rings is 2. The molecule has 2 fully saturated rings. The van der Waals surface area contributed by atoms with Gasteiger partial charge in [-0.15, -0.1) is 0 Å². The van der Waals surface area contributed by atoms with Crippen molar-refractivity contribution in [3.63, 3.8) is 0 Å². The highest BCUT2D eigenvalue weighted by atomic mass is 16.5. The minimum atomic E-state index is 0.0156. The SMILES string of the molecule is O=C(NC1CC1)c1cc(NC2CCOCC2)c2[nH]c(-c3ccccc3)cc2c1. The number of aromatic nitrogens is 1. The summed E-state index contributed by atoms with van der Waals surface area (Å²) in [4.78, 5) is 16.3. The first-order valence-electron chi connectivity index (χ1n) is 10.1. The molecule has 2 aliphatic rings. The van der Waals surface area contributed by atoms with Crippen molar-refractivity contribution in [2.24, 2.45) is 0 Å². The molecule has 0 radical (unpaired) electrons. The van der Waals surface area contributed by atoms with E-state index < -0.39 is 0 Å². The fraction of sp³-hybridized carbons (Fsp3) is 0.348. The summed E-state index contributed by atoms with van der Waals surface area (Å²) in [5.74, 6) is 0.0156. The summed E-state index contributed by atoms with van der Waals surface area (Å²) in [7, 11) is 0. The molecule has 0 bridgehead atoms. The molecule has 0 spiro atoms. The highest BCUT2D eigenvalue weighted by Gasteiger charge is 2.25. The number of amides is 1. The van der Waals surface area contributed by atoms with E-state index in [1.165, 1.54) is 0 Å². The molecule has 3 aromatic rings. The third kappa shape index (κ3) is 3.62. The first-order valence-corrected chi connectivity index (χ1v) is 10.1. The zero-order valence-corrected chi connectivity index (χ0v) is 15.8. The Hall–Kier alpha value is -2.79. The normalized spacial score (nSPS) is 17.6. The Morgan fingerprint density at radius 1 is 0.964 bits per heavy atom. The zero-order valence-electron chi connectivity index (χ0n) is 15.8. The van der Waals surface area contributed by atoms with E-state index in [0.29, 0.717) is 17.6 Å². The summed E-state index contributed by atoms with van der Waals surface area (Å²) < 4.78 is 5.49. The number of hydrogen-bond donors (Lipinski definition) is 3. The van der Waals surface area contributed by atoms with Crippen molar-refractivity contribution in [3.05, 3.63) is 54.1 Å². The molecule has 1 amide bonds. The standard InChI is InChI=1S/C23H25N3O2/c27-23(25-18-6-7-18)17-12-16-13-20(15-4-2-1-3-5-15)26-22(16)21(14-17)24-19-8-10-28-11-9-19/h1-5,12-14,18-19,24,26H,6-11H2,(H,25,27). The molecule has 0 unspecified atom stereocenters. The molecule has 5 rings (SSSR count). The first-order chi connectivity index (χ1) is 13.8. The van der Waals surface area contributed by atoms with Gasteiger partial charge in [0.25, 0.3) is 5.91 Å². The van der Waals surface area contributed by atoms with Crippen LogP contribution in [0.25, 0.3) is 22.2 Å². The summed E-state index contributed by atoms with van der Waals surface area (Å²) in [6.07, 6.45) is 4.13. The minimum Gasteiger partial charge on any atom is -0.381 e. The monoisotopic (exact) mass is 375 g/mol. The predicted molar refractivity (Wildman–Crippen MR) is 112 cm³/mol. The van der Waals surface area contributed by atoms with E-state index in [4.69, 9.17) is 4.74 Å². The highest BCUT2D eigenvalue weighted by molar-refractivity contribution is 6.04. The molecule has 0 atom stereocenters. The van der Waals surface area contributed by atoms with Gasteiger partial charge in [0, 0.05) is 41.9 Å². The van der Waals surface area contributed by atoms with Crippen molar-refractivity contribution < 1.29 is 9.53 Å². The Morgan fingerprint density at radius 2 is 1.75 bits per heavy atom. The van der Waals surface area contributed by atoms with E-state index in [2.05, 4.69) is 33.8 Å². The average Bonchev–Trinajstić information content (AvgIpc) is 3.44. The largest absolute Gasteiger partial charge is 0.381 e. The van der Waals surface area contributed by atoms with Gasteiger partial charge in [-0.25, -0.2) is 0 Å². The highest BCUT2D eigenvalue weighted by Crippen LogP contribution is 2.32. The lowest BCUT2D eigenvalue weighted by Gasteiger charge is -2.24. The van der Waals surface area contributed by atoms with E-state index in [1.807, 2.05) is 30.3 Å². The van der Waals surface area contributed by atoms with Gasteiger partial charge in [-0.1, -0.05) is 30.3 Å². The Balaban J connectivity index is 1.54. The average molecular weight is 375 g/mol. The lowest BCUT2D eigenvalue weighted by Crippen LogP contribution is -2.28. The molecular weight excluding hydrogens is 350 g/mol. The van der Waals surface area contributed by atoms with Gasteiger partial charge in [-0.3, -0.25) is 4.79 Å². The molecule has 3 N–H and O–H groups in total. The van der Waals surface area contributed by atoms with Gasteiger partial charge >= 0.3 is 0 Å². The van der Waals surface area contributed by atoms with Crippen LogP contribution in [0.15, 0.2) is 48.5 Å². The Morgan fingerprint density at radius 3 is 2.50 bits per heavy atom. The Labute approximate surface area is 164 Å². The first kappa shape index (κ1) is 17.3. The van der Waals surface area contributed by atoms with Gasteiger partial charge in [0.2, 0.25) is 0 Å². The number of anilines is 1. The summed E-state index contributed by atoms with van der Waals surface area (Å²) in [5.41, 5.74) is 4.96. The van der Waals surface area contributed by atoms with Crippen LogP contribution in [-0.4, -0.2) is 36.2 Å². The maximum Gasteiger partial charge on any atom is 0.251 e. The number of carbonyl (C=O) groups excluding carboxylic acids is 1. The molecule has 144 valence electrons. The van der Waals surface area contributed by atoms with Gasteiger partial charge in [-0.2, -0.15) is 0 Å². The number of nitrogens with one attached hydrogen (secondary N) is 3. The van der Waals surface area contributed by atoms with Crippen LogP contribution >= 0.6 is 0 Å². The van der Waals surface area contributed by atoms with Crippen LogP contribution in [0.5, 0.6) is 0 Å². The van der Waals surface area contributed by atoms with Gasteiger partial charge in [0.1, 0.15) is 0 Å². The third-order valence-corrected chi connectivity index (χ3v) is 5.57. The van der Waals surface area contributed by atoms with E-state index in [0.717, 1.165) is 66.7 Å². The van der Waals surface area contributed by atoms with Crippen LogP contribution < -0.4 is 10.6 Å². The molecule has 5 nitrogen and oxygen atoms in total. The van der Waals surface area contributed by atoms with Crippen LogP contribution in [0.4, 0.5) is 5.69 Å². The third-order valence-electron chi connectivity index (χ3n) is 5.57. The summed E-state index contributed by atoms with van der Waals surface area (Å²) in [5, 5.41) is 7.82. The Kier molecular flexibility index (Phi) is 4.53. The van der Waals surface area contributed by atoms with Gasteiger partial charge < -0.3 is 20.4 Å². The van der Waals surface area contributed by atoms with Crippen molar-refractivity contribution >= 4 is 22.5 Å². The van der Waals surface area contributed by atoms with Crippen molar-refractivity contribution in [1.82, 2.24) is 10.3 Å². The van der Waals surface area contributed by atoms with E-state index in [9.17, 15) is 4.79 Å². The molecule has 1 aromatic heterocycles. The van der Waals surface area contributed by atoms with Crippen molar-refractivity contribution in [3.8, 4) is 11.3 Å². The molecule has 1 saturated carbocycles. The van der Waals surface area contributed by atoms with E-state index in [1.54, 1.807) is 0 Å². The summed E-state index contributed by atoms with van der Waals surface area (Å²) in [6.45, 7) is 1.56. The molecule has 5 heteroatoms. The maximum atomic E-state index is 12.7. The van der Waals surface area contributed by atoms with E-state index in [-0.39, 0.29) is 5.91 Å². The number of H-pyrrole nitrogens is 1. The fourth-order valence-corrected chi connectivity index (χ4v) is 3.82. The van der Waals surface area contributed by atoms with Crippen LogP contribution in [0.1, 0.15) is 36.0 Å². The quantitative estimate of drug-likeness (QED) is 0.622. The summed E-state index contributed by atoms with van der Waals surface area (Å²) >= 11 is 0. The summed E-state index contributed by atoms with van der Waals surface area (Å²) in [6, 6.07) is 17.1. The molecule has 2 heterocycles. The number of ether oxygens (including phenoxy) is 1. The number of rotatable bonds is 5. The van der Waals surface area contributed by atoms with Crippen molar-refractivity contribution in [2.45, 2.75) is 37.8 Å². The lowest BCUT2D eigenvalue weighted by atomic mass is 10.1. The fourth-order valence-electron chi connectivity index (χ4n) is 3.82. The van der Waals surface area contributed by atoms with E-state index >= 15 is 0 Å². The topological polar surface area (TPSA) is 66.2 Å². The van der Waals surface area contributed by atoms with Gasteiger partial charge in [0.15, 0.2) is 0 Å². The van der Waals surface area contributed by atoms with Crippen LogP contribution in [0, 0.1) is 0 Å². The molecule has 2 aromatic carbocycles. The molecule has 1 aliphatic carbocycles. The second-order valence-electron chi connectivity index (χ2n) is 7.82. The number of fused-ring (bicyclic) bond motifs is 1. The minimum absolute atomic E-state index is 0.0156. The number of hydrogen-bond acceptors (Lipinski definition) is 3. The van der Waals surface area contributed by atoms with Gasteiger partial charge in [-0.05, 0) is 49.4 Å². The maximum absolute atomic E-state index is 12.7.